The third-order valence-corrected chi connectivity index (χ3v) is 8.37. The maximum Gasteiger partial charge on any atom is 0.309 e. The number of carbonyl (C=O) groups excluding carboxylic acids is 1. The van der Waals surface area contributed by atoms with Crippen LogP contribution in [0.25, 0.3) is 10.6 Å². The molecule has 9 heteroatoms. The second kappa shape index (κ2) is 8.94. The Morgan fingerprint density at radius 2 is 1.97 bits per heavy atom. The van der Waals surface area contributed by atoms with Gasteiger partial charge in [-0.3, -0.25) is 4.79 Å². The first-order chi connectivity index (χ1) is 14.8. The minimum Gasteiger partial charge on any atom is -0.459 e. The van der Waals surface area contributed by atoms with Crippen molar-refractivity contribution in [3.8, 4) is 10.6 Å². The lowest BCUT2D eigenvalue weighted by molar-refractivity contribution is -0.151. The molecule has 4 rings (SSSR count). The van der Waals surface area contributed by atoms with Crippen molar-refractivity contribution >= 4 is 27.3 Å². The largest absolute Gasteiger partial charge is 0.459 e. The molecule has 3 aromatic rings. The summed E-state index contributed by atoms with van der Waals surface area (Å²) in [6, 6.07) is 10.8. The molecule has 31 heavy (non-hydrogen) atoms. The first kappa shape index (κ1) is 21.7. The predicted octanol–water partition coefficient (Wildman–Crippen LogP) is 4.16. The van der Waals surface area contributed by atoms with Crippen LogP contribution in [0, 0.1) is 19.8 Å². The molecule has 1 aromatic carbocycles. The van der Waals surface area contributed by atoms with Crippen molar-refractivity contribution in [2.24, 2.45) is 5.92 Å². The molecular formula is C22H24N2O5S2. The highest BCUT2D eigenvalue weighted by atomic mass is 32.2. The monoisotopic (exact) mass is 460 g/mol. The molecule has 3 heterocycles. The predicted molar refractivity (Wildman–Crippen MR) is 117 cm³/mol. The number of nitrogens with zero attached hydrogens (tertiary/aromatic N) is 2. The van der Waals surface area contributed by atoms with E-state index in [-0.39, 0.29) is 18.5 Å². The summed E-state index contributed by atoms with van der Waals surface area (Å²) in [6.45, 7) is 4.47. The van der Waals surface area contributed by atoms with Gasteiger partial charge in [-0.1, -0.05) is 17.3 Å². The molecule has 0 unspecified atom stereocenters. The van der Waals surface area contributed by atoms with E-state index in [0.717, 1.165) is 16.0 Å². The summed E-state index contributed by atoms with van der Waals surface area (Å²) in [5.74, 6) is -0.00956. The van der Waals surface area contributed by atoms with Gasteiger partial charge in [0.25, 0.3) is 0 Å². The number of benzene rings is 1. The summed E-state index contributed by atoms with van der Waals surface area (Å²) >= 11 is 1.54. The molecule has 0 amide bonds. The highest BCUT2D eigenvalue weighted by Gasteiger charge is 2.33. The Hall–Kier alpha value is -2.49. The van der Waals surface area contributed by atoms with Gasteiger partial charge < -0.3 is 9.26 Å². The minimum absolute atomic E-state index is 0.0366. The molecule has 164 valence electrons. The van der Waals surface area contributed by atoms with Crippen LogP contribution >= 0.6 is 11.3 Å². The Balaban J connectivity index is 1.31. The van der Waals surface area contributed by atoms with Gasteiger partial charge in [-0.2, -0.15) is 4.31 Å². The lowest BCUT2D eigenvalue weighted by Gasteiger charge is -2.30. The number of aryl methyl sites for hydroxylation is 2. The minimum atomic E-state index is -3.56. The smallest absolute Gasteiger partial charge is 0.309 e. The Bertz CT molecular complexity index is 1160. The number of hydrogen-bond donors (Lipinski definition) is 0. The second-order valence-corrected chi connectivity index (χ2v) is 10.6. The van der Waals surface area contributed by atoms with Crippen molar-refractivity contribution in [3.05, 3.63) is 58.6 Å². The molecule has 0 atom stereocenters. The number of piperidine rings is 1. The first-order valence-electron chi connectivity index (χ1n) is 10.1. The van der Waals surface area contributed by atoms with Crippen LogP contribution in [0.4, 0.5) is 0 Å². The maximum absolute atomic E-state index is 12.9. The van der Waals surface area contributed by atoms with Gasteiger partial charge in [0.2, 0.25) is 10.0 Å². The molecule has 0 radical (unpaired) electrons. The summed E-state index contributed by atoms with van der Waals surface area (Å²) < 4.78 is 38.0. The van der Waals surface area contributed by atoms with Gasteiger partial charge in [-0.05, 0) is 61.4 Å². The molecule has 7 nitrogen and oxygen atoms in total. The molecule has 1 saturated heterocycles. The van der Waals surface area contributed by atoms with Gasteiger partial charge in [0.15, 0.2) is 5.76 Å². The highest BCUT2D eigenvalue weighted by Crippen LogP contribution is 2.27. The summed E-state index contributed by atoms with van der Waals surface area (Å²) in [5, 5.41) is 5.90. The Labute approximate surface area is 185 Å². The van der Waals surface area contributed by atoms with Gasteiger partial charge in [-0.15, -0.1) is 11.3 Å². The van der Waals surface area contributed by atoms with Crippen LogP contribution in [0.1, 0.15) is 29.7 Å². The molecule has 0 N–H and O–H groups in total. The molecule has 0 saturated carbocycles. The normalized spacial score (nSPS) is 15.8. The molecule has 2 aromatic heterocycles. The van der Waals surface area contributed by atoms with E-state index >= 15 is 0 Å². The van der Waals surface area contributed by atoms with Crippen LogP contribution in [0.2, 0.25) is 0 Å². The van der Waals surface area contributed by atoms with Crippen LogP contribution in [0.15, 0.2) is 51.2 Å². The molecular weight excluding hydrogens is 436 g/mol. The fourth-order valence-corrected chi connectivity index (χ4v) is 5.76. The first-order valence-corrected chi connectivity index (χ1v) is 12.4. The number of hydrogen-bond acceptors (Lipinski definition) is 7. The molecule has 1 aliphatic heterocycles. The van der Waals surface area contributed by atoms with Gasteiger partial charge in [0, 0.05) is 19.2 Å². The fraction of sp³-hybridized carbons (Fsp3) is 0.364. The standard InChI is InChI=1S/C22H24N2O5S2/c1-15-5-6-19(12-16(15)2)31(26,27)24-9-7-17(8-10-24)22(25)28-14-18-13-20(29-23-18)21-4-3-11-30-21/h3-6,11-13,17H,7-10,14H2,1-2H3. The van der Waals surface area contributed by atoms with Gasteiger partial charge >= 0.3 is 5.97 Å². The summed E-state index contributed by atoms with van der Waals surface area (Å²) in [5.41, 5.74) is 2.54. The number of thiophene rings is 1. The summed E-state index contributed by atoms with van der Waals surface area (Å²) in [7, 11) is -3.56. The third kappa shape index (κ3) is 4.73. The van der Waals surface area contributed by atoms with Gasteiger partial charge in [0.1, 0.15) is 12.3 Å². The summed E-state index contributed by atoms with van der Waals surface area (Å²) in [4.78, 5) is 13.7. The second-order valence-electron chi connectivity index (χ2n) is 7.69. The average molecular weight is 461 g/mol. The van der Waals surface area contributed by atoms with E-state index in [2.05, 4.69) is 5.16 Å². The van der Waals surface area contributed by atoms with Crippen molar-refractivity contribution in [2.45, 2.75) is 38.2 Å². The Morgan fingerprint density at radius 3 is 2.65 bits per heavy atom. The van der Waals surface area contributed by atoms with Crippen molar-refractivity contribution in [2.75, 3.05) is 13.1 Å². The zero-order valence-corrected chi connectivity index (χ0v) is 19.0. The SMILES string of the molecule is Cc1ccc(S(=O)(=O)N2CCC(C(=O)OCc3cc(-c4cccs4)on3)CC2)cc1C. The van der Waals surface area contributed by atoms with E-state index in [4.69, 9.17) is 9.26 Å². The topological polar surface area (TPSA) is 89.7 Å². The average Bonchev–Trinajstić information content (AvgIpc) is 3.46. The maximum atomic E-state index is 12.9. The lowest BCUT2D eigenvalue weighted by atomic mass is 9.98. The number of ether oxygens (including phenoxy) is 1. The quantitative estimate of drug-likeness (QED) is 0.513. The van der Waals surface area contributed by atoms with E-state index in [0.29, 0.717) is 42.3 Å². The third-order valence-electron chi connectivity index (χ3n) is 5.59. The van der Waals surface area contributed by atoms with E-state index in [1.165, 1.54) is 4.31 Å². The van der Waals surface area contributed by atoms with Crippen molar-refractivity contribution in [1.82, 2.24) is 9.46 Å². The number of sulfonamides is 1. The lowest BCUT2D eigenvalue weighted by Crippen LogP contribution is -2.40. The summed E-state index contributed by atoms with van der Waals surface area (Å²) in [6.07, 6.45) is 0.865. The zero-order valence-electron chi connectivity index (χ0n) is 17.4. The van der Waals surface area contributed by atoms with Crippen molar-refractivity contribution in [1.29, 1.82) is 0 Å². The molecule has 0 aliphatic carbocycles. The molecule has 0 spiro atoms. The van der Waals surface area contributed by atoms with Gasteiger partial charge in [0.05, 0.1) is 15.7 Å². The van der Waals surface area contributed by atoms with E-state index in [1.54, 1.807) is 29.5 Å². The van der Waals surface area contributed by atoms with E-state index in [9.17, 15) is 13.2 Å². The Morgan fingerprint density at radius 1 is 1.19 bits per heavy atom. The van der Waals surface area contributed by atoms with Crippen LogP contribution in [-0.4, -0.2) is 36.9 Å². The fourth-order valence-electron chi connectivity index (χ4n) is 3.53. The number of esters is 1. The highest BCUT2D eigenvalue weighted by molar-refractivity contribution is 7.89. The van der Waals surface area contributed by atoms with Crippen LogP contribution < -0.4 is 0 Å². The zero-order chi connectivity index (χ0) is 22.0. The van der Waals surface area contributed by atoms with Gasteiger partial charge in [-0.25, -0.2) is 8.42 Å². The number of aromatic nitrogens is 1. The number of rotatable bonds is 6. The van der Waals surface area contributed by atoms with Crippen molar-refractivity contribution in [3.63, 3.8) is 0 Å². The number of carbonyl (C=O) groups is 1. The van der Waals surface area contributed by atoms with E-state index < -0.39 is 10.0 Å². The van der Waals surface area contributed by atoms with Crippen LogP contribution in [0.3, 0.4) is 0 Å². The van der Waals surface area contributed by atoms with Crippen molar-refractivity contribution < 1.29 is 22.5 Å². The van der Waals surface area contributed by atoms with Crippen LogP contribution in [-0.2, 0) is 26.2 Å². The van der Waals surface area contributed by atoms with E-state index in [1.807, 2.05) is 37.4 Å². The van der Waals surface area contributed by atoms with Crippen LogP contribution in [0.5, 0.6) is 0 Å². The molecule has 0 bridgehead atoms. The molecule has 1 aliphatic rings. The Kier molecular flexibility index (Phi) is 6.27. The molecule has 1 fully saturated rings.